The van der Waals surface area contributed by atoms with Gasteiger partial charge in [0.15, 0.2) is 0 Å². The minimum absolute atomic E-state index is 0.00928. The predicted octanol–water partition coefficient (Wildman–Crippen LogP) is 4.70. The number of para-hydroxylation sites is 1. The third kappa shape index (κ3) is 6.81. The van der Waals surface area contributed by atoms with E-state index in [-0.39, 0.29) is 17.9 Å². The quantitative estimate of drug-likeness (QED) is 0.603. The minimum Gasteiger partial charge on any atom is -0.352 e. The van der Waals surface area contributed by atoms with Crippen molar-refractivity contribution in [3.63, 3.8) is 0 Å². The van der Waals surface area contributed by atoms with Crippen LogP contribution in [0.3, 0.4) is 0 Å². The molecule has 2 aliphatic rings. The summed E-state index contributed by atoms with van der Waals surface area (Å²) >= 11 is 0. The normalized spacial score (nSPS) is 19.2. The van der Waals surface area contributed by atoms with Crippen molar-refractivity contribution in [2.75, 3.05) is 44.6 Å². The fourth-order valence-corrected chi connectivity index (χ4v) is 4.88. The van der Waals surface area contributed by atoms with Crippen molar-refractivity contribution < 1.29 is 9.59 Å². The first kappa shape index (κ1) is 23.3. The largest absolute Gasteiger partial charge is 0.352 e. The van der Waals surface area contributed by atoms with Gasteiger partial charge in [0.25, 0.3) is 5.91 Å². The van der Waals surface area contributed by atoms with Gasteiger partial charge >= 0.3 is 6.03 Å². The first-order valence-corrected chi connectivity index (χ1v) is 12.4. The van der Waals surface area contributed by atoms with Gasteiger partial charge < -0.3 is 20.4 Å². The molecule has 0 saturated carbocycles. The number of piperidine rings is 2. The molecule has 4 rings (SSSR count). The molecule has 6 heteroatoms. The van der Waals surface area contributed by atoms with Crippen LogP contribution in [0.2, 0.25) is 0 Å². The van der Waals surface area contributed by atoms with E-state index in [1.54, 1.807) is 0 Å². The molecular formula is C27H36N4O2. The summed E-state index contributed by atoms with van der Waals surface area (Å²) in [7, 11) is 0. The van der Waals surface area contributed by atoms with Crippen LogP contribution >= 0.6 is 0 Å². The number of nitrogens with one attached hydrogen (secondary N) is 2. The Morgan fingerprint density at radius 3 is 2.55 bits per heavy atom. The summed E-state index contributed by atoms with van der Waals surface area (Å²) < 4.78 is 0. The number of benzene rings is 2. The fourth-order valence-electron chi connectivity index (χ4n) is 4.88. The smallest absolute Gasteiger partial charge is 0.321 e. The summed E-state index contributed by atoms with van der Waals surface area (Å²) in [6.07, 6.45) is 6.91. The monoisotopic (exact) mass is 448 g/mol. The van der Waals surface area contributed by atoms with Crippen LogP contribution in [0.5, 0.6) is 0 Å². The van der Waals surface area contributed by atoms with E-state index in [0.717, 1.165) is 43.6 Å². The summed E-state index contributed by atoms with van der Waals surface area (Å²) in [6.45, 7) is 5.57. The SMILES string of the molecule is O=C(NCCCN1CCCCC1)c1cccc(C2CCCN(C(=O)Nc3ccccc3)C2)c1. The third-order valence-corrected chi connectivity index (χ3v) is 6.74. The van der Waals surface area contributed by atoms with Crippen LogP contribution in [-0.2, 0) is 0 Å². The molecule has 2 aromatic carbocycles. The van der Waals surface area contributed by atoms with Crippen molar-refractivity contribution >= 4 is 17.6 Å². The number of likely N-dealkylation sites (tertiary alicyclic amines) is 2. The van der Waals surface area contributed by atoms with E-state index in [9.17, 15) is 9.59 Å². The second-order valence-corrected chi connectivity index (χ2v) is 9.22. The van der Waals surface area contributed by atoms with E-state index < -0.39 is 0 Å². The summed E-state index contributed by atoms with van der Waals surface area (Å²) in [6, 6.07) is 17.4. The van der Waals surface area contributed by atoms with Crippen molar-refractivity contribution in [1.29, 1.82) is 0 Å². The average Bonchev–Trinajstić information content (AvgIpc) is 2.88. The Balaban J connectivity index is 1.28. The van der Waals surface area contributed by atoms with Crippen molar-refractivity contribution in [2.45, 2.75) is 44.4 Å². The molecule has 2 saturated heterocycles. The van der Waals surface area contributed by atoms with Crippen molar-refractivity contribution in [2.24, 2.45) is 0 Å². The topological polar surface area (TPSA) is 64.7 Å². The zero-order valence-electron chi connectivity index (χ0n) is 19.5. The molecule has 0 spiro atoms. The Morgan fingerprint density at radius 1 is 0.909 bits per heavy atom. The highest BCUT2D eigenvalue weighted by molar-refractivity contribution is 5.94. The van der Waals surface area contributed by atoms with Crippen LogP contribution < -0.4 is 10.6 Å². The Morgan fingerprint density at radius 2 is 1.73 bits per heavy atom. The summed E-state index contributed by atoms with van der Waals surface area (Å²) in [5.74, 6) is 0.233. The van der Waals surface area contributed by atoms with E-state index in [1.807, 2.05) is 53.4 Å². The lowest BCUT2D eigenvalue weighted by Gasteiger charge is -2.33. The molecule has 2 N–H and O–H groups in total. The predicted molar refractivity (Wildman–Crippen MR) is 133 cm³/mol. The van der Waals surface area contributed by atoms with Crippen molar-refractivity contribution in [3.8, 4) is 0 Å². The van der Waals surface area contributed by atoms with Gasteiger partial charge in [-0.2, -0.15) is 0 Å². The fraction of sp³-hybridized carbons (Fsp3) is 0.481. The number of anilines is 1. The van der Waals surface area contributed by atoms with Crippen LogP contribution in [-0.4, -0.2) is 61.0 Å². The van der Waals surface area contributed by atoms with Crippen LogP contribution in [0.25, 0.3) is 0 Å². The van der Waals surface area contributed by atoms with Gasteiger partial charge in [-0.05, 0) is 81.6 Å². The lowest BCUT2D eigenvalue weighted by molar-refractivity contribution is 0.0951. The molecule has 3 amide bonds. The van der Waals surface area contributed by atoms with E-state index in [4.69, 9.17) is 0 Å². The lowest BCUT2D eigenvalue weighted by Crippen LogP contribution is -2.41. The molecule has 33 heavy (non-hydrogen) atoms. The second-order valence-electron chi connectivity index (χ2n) is 9.22. The van der Waals surface area contributed by atoms with E-state index in [2.05, 4.69) is 21.6 Å². The highest BCUT2D eigenvalue weighted by Crippen LogP contribution is 2.28. The molecule has 2 aromatic rings. The maximum atomic E-state index is 12.7. The molecule has 0 radical (unpaired) electrons. The van der Waals surface area contributed by atoms with Crippen molar-refractivity contribution in [1.82, 2.24) is 15.1 Å². The molecule has 2 aliphatic heterocycles. The zero-order valence-corrected chi connectivity index (χ0v) is 19.5. The zero-order chi connectivity index (χ0) is 22.9. The molecule has 1 unspecified atom stereocenters. The number of rotatable bonds is 7. The number of nitrogens with zero attached hydrogens (tertiary/aromatic N) is 2. The Hall–Kier alpha value is -2.86. The average molecular weight is 449 g/mol. The molecular weight excluding hydrogens is 412 g/mol. The molecule has 2 fully saturated rings. The standard InChI is InChI=1S/C27H36N4O2/c32-26(28-15-9-18-30-16-5-2-6-17-30)23-11-7-10-22(20-23)24-12-8-19-31(21-24)27(33)29-25-13-3-1-4-14-25/h1,3-4,7,10-11,13-14,20,24H,2,5-6,8-9,12,15-19,21H2,(H,28,32)(H,29,33). The summed E-state index contributed by atoms with van der Waals surface area (Å²) in [5.41, 5.74) is 2.65. The van der Waals surface area contributed by atoms with Gasteiger partial charge in [0.05, 0.1) is 0 Å². The summed E-state index contributed by atoms with van der Waals surface area (Å²) in [4.78, 5) is 29.8. The summed E-state index contributed by atoms with van der Waals surface area (Å²) in [5, 5.41) is 6.07. The van der Waals surface area contributed by atoms with Gasteiger partial charge in [0.1, 0.15) is 0 Å². The lowest BCUT2D eigenvalue weighted by atomic mass is 9.89. The maximum absolute atomic E-state index is 12.7. The van der Waals surface area contributed by atoms with E-state index in [0.29, 0.717) is 18.7 Å². The van der Waals surface area contributed by atoms with E-state index in [1.165, 1.54) is 32.4 Å². The van der Waals surface area contributed by atoms with Crippen LogP contribution in [0, 0.1) is 0 Å². The number of carbonyl (C=O) groups is 2. The third-order valence-electron chi connectivity index (χ3n) is 6.74. The van der Waals surface area contributed by atoms with Gasteiger partial charge in [0, 0.05) is 36.8 Å². The van der Waals surface area contributed by atoms with Gasteiger partial charge in [-0.3, -0.25) is 4.79 Å². The van der Waals surface area contributed by atoms with Crippen LogP contribution in [0.15, 0.2) is 54.6 Å². The molecule has 176 valence electrons. The van der Waals surface area contributed by atoms with Crippen LogP contribution in [0.1, 0.15) is 60.4 Å². The minimum atomic E-state index is -0.0616. The molecule has 0 aliphatic carbocycles. The van der Waals surface area contributed by atoms with E-state index >= 15 is 0 Å². The van der Waals surface area contributed by atoms with Gasteiger partial charge in [-0.25, -0.2) is 4.79 Å². The molecule has 1 atom stereocenters. The number of amides is 3. The molecule has 0 bridgehead atoms. The second kappa shape index (κ2) is 11.8. The number of urea groups is 1. The van der Waals surface area contributed by atoms with Crippen LogP contribution in [0.4, 0.5) is 10.5 Å². The number of hydrogen-bond acceptors (Lipinski definition) is 3. The number of carbonyl (C=O) groups excluding carboxylic acids is 2. The van der Waals surface area contributed by atoms with Crippen molar-refractivity contribution in [3.05, 3.63) is 65.7 Å². The first-order chi connectivity index (χ1) is 16.2. The Bertz CT molecular complexity index is 911. The Kier molecular flexibility index (Phi) is 8.36. The maximum Gasteiger partial charge on any atom is 0.321 e. The highest BCUT2D eigenvalue weighted by Gasteiger charge is 2.25. The number of hydrogen-bond donors (Lipinski definition) is 2. The molecule has 0 aromatic heterocycles. The molecule has 6 nitrogen and oxygen atoms in total. The Labute approximate surface area is 197 Å². The van der Waals surface area contributed by atoms with Gasteiger partial charge in [-0.1, -0.05) is 36.8 Å². The highest BCUT2D eigenvalue weighted by atomic mass is 16.2. The molecule has 2 heterocycles. The first-order valence-electron chi connectivity index (χ1n) is 12.4. The van der Waals surface area contributed by atoms with Gasteiger partial charge in [-0.15, -0.1) is 0 Å². The van der Waals surface area contributed by atoms with Gasteiger partial charge in [0.2, 0.25) is 0 Å².